The summed E-state index contributed by atoms with van der Waals surface area (Å²) in [5.74, 6) is 0.651. The van der Waals surface area contributed by atoms with Crippen molar-refractivity contribution >= 4 is 17.6 Å². The molecule has 1 unspecified atom stereocenters. The Hall–Kier alpha value is -1.42. The lowest BCUT2D eigenvalue weighted by atomic mass is 9.99. The average Bonchev–Trinajstić information content (AvgIpc) is 2.82. The van der Waals surface area contributed by atoms with Crippen LogP contribution >= 0.6 is 11.8 Å². The third-order valence-corrected chi connectivity index (χ3v) is 4.12. The van der Waals surface area contributed by atoms with Crippen LogP contribution in [0.15, 0.2) is 29.3 Å². The van der Waals surface area contributed by atoms with Gasteiger partial charge in [-0.15, -0.1) is 11.8 Å². The predicted octanol–water partition coefficient (Wildman–Crippen LogP) is 2.70. The first-order valence-electron chi connectivity index (χ1n) is 5.33. The molecule has 1 atom stereocenters. The van der Waals surface area contributed by atoms with Crippen LogP contribution in [0, 0.1) is 0 Å². The van der Waals surface area contributed by atoms with Crippen LogP contribution in [-0.2, 0) is 6.42 Å². The van der Waals surface area contributed by atoms with Gasteiger partial charge in [-0.1, -0.05) is 19.1 Å². The first-order valence-corrected chi connectivity index (χ1v) is 6.21. The van der Waals surface area contributed by atoms with E-state index in [1.165, 1.54) is 16.0 Å². The SMILES string of the molecule is CC1Cc2c(cccc2-c2cn[nH]c2N)S1. The Bertz CT molecular complexity index is 533. The highest BCUT2D eigenvalue weighted by molar-refractivity contribution is 8.00. The van der Waals surface area contributed by atoms with Gasteiger partial charge in [0.05, 0.1) is 6.20 Å². The van der Waals surface area contributed by atoms with Crippen molar-refractivity contribution in [2.24, 2.45) is 0 Å². The number of nitrogens with one attached hydrogen (secondary N) is 1. The molecule has 2 heterocycles. The second-order valence-electron chi connectivity index (χ2n) is 4.11. The summed E-state index contributed by atoms with van der Waals surface area (Å²) in [4.78, 5) is 1.38. The number of nitrogen functional groups attached to an aromatic ring is 1. The van der Waals surface area contributed by atoms with Gasteiger partial charge in [0, 0.05) is 15.7 Å². The van der Waals surface area contributed by atoms with Gasteiger partial charge in [-0.2, -0.15) is 5.10 Å². The Morgan fingerprint density at radius 3 is 3.06 bits per heavy atom. The summed E-state index contributed by atoms with van der Waals surface area (Å²) in [6.45, 7) is 2.26. The fraction of sp³-hybridized carbons (Fsp3) is 0.250. The van der Waals surface area contributed by atoms with E-state index in [1.54, 1.807) is 6.20 Å². The summed E-state index contributed by atoms with van der Waals surface area (Å²) in [6, 6.07) is 6.40. The summed E-state index contributed by atoms with van der Waals surface area (Å²) in [6.07, 6.45) is 2.92. The second-order valence-corrected chi connectivity index (χ2v) is 5.59. The number of nitrogens with two attached hydrogens (primary N) is 1. The number of rotatable bonds is 1. The summed E-state index contributed by atoms with van der Waals surface area (Å²) in [5.41, 5.74) is 9.53. The molecule has 3 rings (SSSR count). The zero-order valence-corrected chi connectivity index (χ0v) is 9.84. The van der Waals surface area contributed by atoms with E-state index in [0.717, 1.165) is 12.0 Å². The van der Waals surface area contributed by atoms with Gasteiger partial charge in [0.2, 0.25) is 0 Å². The fourth-order valence-electron chi connectivity index (χ4n) is 2.20. The van der Waals surface area contributed by atoms with Gasteiger partial charge in [0.25, 0.3) is 0 Å². The number of aromatic nitrogens is 2. The Morgan fingerprint density at radius 2 is 2.31 bits per heavy atom. The topological polar surface area (TPSA) is 54.7 Å². The summed E-state index contributed by atoms with van der Waals surface area (Å²) < 4.78 is 0. The molecule has 2 aromatic rings. The molecule has 3 N–H and O–H groups in total. The molecule has 0 spiro atoms. The van der Waals surface area contributed by atoms with E-state index in [-0.39, 0.29) is 0 Å². The standard InChI is InChI=1S/C12H13N3S/c1-7-5-9-8(3-2-4-11(9)16-7)10-6-14-15-12(10)13/h2-4,6-7H,5H2,1H3,(H3,13,14,15). The minimum absolute atomic E-state index is 0.651. The van der Waals surface area contributed by atoms with Gasteiger partial charge in [-0.3, -0.25) is 5.10 Å². The maximum absolute atomic E-state index is 5.88. The predicted molar refractivity (Wildman–Crippen MR) is 67.5 cm³/mol. The third kappa shape index (κ3) is 1.41. The van der Waals surface area contributed by atoms with Gasteiger partial charge in [0.1, 0.15) is 5.82 Å². The lowest BCUT2D eigenvalue weighted by Crippen LogP contribution is -1.95. The smallest absolute Gasteiger partial charge is 0.126 e. The molecular weight excluding hydrogens is 218 g/mol. The molecule has 1 aliphatic rings. The molecule has 1 aromatic heterocycles. The molecule has 0 aliphatic carbocycles. The average molecular weight is 231 g/mol. The minimum Gasteiger partial charge on any atom is -0.384 e. The highest BCUT2D eigenvalue weighted by Gasteiger charge is 2.22. The van der Waals surface area contributed by atoms with E-state index in [2.05, 4.69) is 35.3 Å². The quantitative estimate of drug-likeness (QED) is 0.793. The minimum atomic E-state index is 0.651. The van der Waals surface area contributed by atoms with Crippen LogP contribution in [0.3, 0.4) is 0 Å². The highest BCUT2D eigenvalue weighted by atomic mass is 32.2. The number of anilines is 1. The van der Waals surface area contributed by atoms with Gasteiger partial charge >= 0.3 is 0 Å². The van der Waals surface area contributed by atoms with E-state index >= 15 is 0 Å². The van der Waals surface area contributed by atoms with E-state index in [0.29, 0.717) is 11.1 Å². The van der Waals surface area contributed by atoms with E-state index in [9.17, 15) is 0 Å². The molecule has 4 heteroatoms. The van der Waals surface area contributed by atoms with Crippen LogP contribution in [0.5, 0.6) is 0 Å². The first-order chi connectivity index (χ1) is 7.75. The maximum atomic E-state index is 5.88. The molecule has 3 nitrogen and oxygen atoms in total. The van der Waals surface area contributed by atoms with Crippen molar-refractivity contribution in [1.29, 1.82) is 0 Å². The number of nitrogens with zero attached hydrogens (tertiary/aromatic N) is 1. The zero-order valence-electron chi connectivity index (χ0n) is 9.03. The van der Waals surface area contributed by atoms with Crippen LogP contribution in [0.2, 0.25) is 0 Å². The molecular formula is C12H13N3S. The summed E-state index contributed by atoms with van der Waals surface area (Å²) >= 11 is 1.94. The molecule has 16 heavy (non-hydrogen) atoms. The van der Waals surface area contributed by atoms with Crippen molar-refractivity contribution in [2.75, 3.05) is 5.73 Å². The van der Waals surface area contributed by atoms with Crippen molar-refractivity contribution in [3.05, 3.63) is 30.0 Å². The molecule has 1 aromatic carbocycles. The maximum Gasteiger partial charge on any atom is 0.126 e. The molecule has 0 saturated carbocycles. The van der Waals surface area contributed by atoms with Crippen molar-refractivity contribution < 1.29 is 0 Å². The molecule has 82 valence electrons. The molecule has 0 radical (unpaired) electrons. The lowest BCUT2D eigenvalue weighted by molar-refractivity contribution is 0.962. The Kier molecular flexibility index (Phi) is 2.17. The number of fused-ring (bicyclic) bond motifs is 1. The van der Waals surface area contributed by atoms with Gasteiger partial charge in [-0.05, 0) is 23.6 Å². The largest absolute Gasteiger partial charge is 0.384 e. The summed E-state index contributed by atoms with van der Waals surface area (Å²) in [7, 11) is 0. The van der Waals surface area contributed by atoms with E-state index in [4.69, 9.17) is 5.73 Å². The Balaban J connectivity index is 2.17. The van der Waals surface area contributed by atoms with E-state index < -0.39 is 0 Å². The van der Waals surface area contributed by atoms with Gasteiger partial charge in [-0.25, -0.2) is 0 Å². The second kappa shape index (κ2) is 3.56. The van der Waals surface area contributed by atoms with E-state index in [1.807, 2.05) is 11.8 Å². The molecule has 0 amide bonds. The van der Waals surface area contributed by atoms with Crippen molar-refractivity contribution in [1.82, 2.24) is 10.2 Å². The van der Waals surface area contributed by atoms with Crippen molar-refractivity contribution in [3.63, 3.8) is 0 Å². The molecule has 0 fully saturated rings. The number of benzene rings is 1. The Labute approximate surface area is 98.4 Å². The van der Waals surface area contributed by atoms with Crippen molar-refractivity contribution in [3.8, 4) is 11.1 Å². The molecule has 1 aliphatic heterocycles. The van der Waals surface area contributed by atoms with Crippen LogP contribution < -0.4 is 5.73 Å². The van der Waals surface area contributed by atoms with Crippen LogP contribution in [0.1, 0.15) is 12.5 Å². The van der Waals surface area contributed by atoms with Crippen LogP contribution in [0.4, 0.5) is 5.82 Å². The summed E-state index contributed by atoms with van der Waals surface area (Å²) in [5, 5.41) is 7.43. The normalized spacial score (nSPS) is 18.7. The van der Waals surface area contributed by atoms with Gasteiger partial charge in [0.15, 0.2) is 0 Å². The zero-order chi connectivity index (χ0) is 11.1. The third-order valence-electron chi connectivity index (χ3n) is 2.91. The van der Waals surface area contributed by atoms with Gasteiger partial charge < -0.3 is 5.73 Å². The van der Waals surface area contributed by atoms with Crippen LogP contribution in [0.25, 0.3) is 11.1 Å². The Morgan fingerprint density at radius 1 is 1.44 bits per heavy atom. The molecule has 0 saturated heterocycles. The fourth-order valence-corrected chi connectivity index (χ4v) is 3.37. The highest BCUT2D eigenvalue weighted by Crippen LogP contribution is 2.42. The lowest BCUT2D eigenvalue weighted by Gasteiger charge is -2.06. The number of hydrogen-bond acceptors (Lipinski definition) is 3. The number of hydrogen-bond donors (Lipinski definition) is 2. The van der Waals surface area contributed by atoms with Crippen LogP contribution in [-0.4, -0.2) is 15.4 Å². The number of aromatic amines is 1. The first kappa shape index (κ1) is 9.78. The number of thioether (sulfide) groups is 1. The molecule has 0 bridgehead atoms. The number of H-pyrrole nitrogens is 1. The monoisotopic (exact) mass is 231 g/mol. The van der Waals surface area contributed by atoms with Crippen molar-refractivity contribution in [2.45, 2.75) is 23.5 Å².